The highest BCUT2D eigenvalue weighted by atomic mass is 16.5. The second-order valence-electron chi connectivity index (χ2n) is 5.41. The maximum atomic E-state index is 10.2. The number of aromatic nitrogens is 2. The third-order valence-corrected chi connectivity index (χ3v) is 3.66. The van der Waals surface area contributed by atoms with Crippen molar-refractivity contribution in [1.82, 2.24) is 9.55 Å². The van der Waals surface area contributed by atoms with Crippen LogP contribution in [0.5, 0.6) is 0 Å². The van der Waals surface area contributed by atoms with Gasteiger partial charge in [0.05, 0.1) is 36.9 Å². The maximum Gasteiger partial charge on any atom is 0.106 e. The van der Waals surface area contributed by atoms with Crippen LogP contribution in [0.3, 0.4) is 0 Å². The lowest BCUT2D eigenvalue weighted by Gasteiger charge is -2.14. The van der Waals surface area contributed by atoms with E-state index in [2.05, 4.69) is 4.98 Å². The Bertz CT molecular complexity index is 737. The van der Waals surface area contributed by atoms with Crippen LogP contribution in [-0.4, -0.2) is 27.4 Å². The van der Waals surface area contributed by atoms with Gasteiger partial charge < -0.3 is 14.4 Å². The molecule has 4 nitrogen and oxygen atoms in total. The summed E-state index contributed by atoms with van der Waals surface area (Å²) in [6, 6.07) is 17.9. The van der Waals surface area contributed by atoms with Crippen molar-refractivity contribution in [2.45, 2.75) is 26.2 Å². The average molecular weight is 296 g/mol. The van der Waals surface area contributed by atoms with E-state index in [1.54, 1.807) is 0 Å². The van der Waals surface area contributed by atoms with Gasteiger partial charge in [-0.05, 0) is 24.6 Å². The standard InChI is InChI=1S/C18H20N2O2/c1-14-19-17-9-5-6-10-18(17)20(14)11-16(21)13-22-12-15-7-3-2-4-8-15/h2-10,16,21H,11-13H2,1H3/t16-/m1/s1. The fourth-order valence-corrected chi connectivity index (χ4v) is 2.58. The van der Waals surface area contributed by atoms with E-state index in [4.69, 9.17) is 4.74 Å². The molecule has 0 saturated heterocycles. The van der Waals surface area contributed by atoms with E-state index in [9.17, 15) is 5.11 Å². The van der Waals surface area contributed by atoms with Gasteiger partial charge in [-0.3, -0.25) is 0 Å². The molecule has 0 saturated carbocycles. The lowest BCUT2D eigenvalue weighted by molar-refractivity contribution is 0.0206. The first-order valence-corrected chi connectivity index (χ1v) is 7.45. The number of aliphatic hydroxyl groups is 1. The van der Waals surface area contributed by atoms with E-state index in [1.165, 1.54) is 0 Å². The van der Waals surface area contributed by atoms with E-state index >= 15 is 0 Å². The zero-order valence-corrected chi connectivity index (χ0v) is 12.6. The van der Waals surface area contributed by atoms with Crippen molar-refractivity contribution in [3.05, 3.63) is 66.0 Å². The van der Waals surface area contributed by atoms with Crippen molar-refractivity contribution in [2.75, 3.05) is 6.61 Å². The number of benzene rings is 2. The smallest absolute Gasteiger partial charge is 0.106 e. The van der Waals surface area contributed by atoms with Crippen LogP contribution in [-0.2, 0) is 17.9 Å². The maximum absolute atomic E-state index is 10.2. The Morgan fingerprint density at radius 2 is 1.82 bits per heavy atom. The molecule has 1 N–H and O–H groups in total. The van der Waals surface area contributed by atoms with Gasteiger partial charge in [0, 0.05) is 0 Å². The molecule has 1 aromatic heterocycles. The number of nitrogens with zero attached hydrogens (tertiary/aromatic N) is 2. The van der Waals surface area contributed by atoms with Gasteiger partial charge >= 0.3 is 0 Å². The molecule has 3 rings (SSSR count). The average Bonchev–Trinajstić information content (AvgIpc) is 2.84. The van der Waals surface area contributed by atoms with Crippen molar-refractivity contribution < 1.29 is 9.84 Å². The molecule has 1 atom stereocenters. The number of imidazole rings is 1. The van der Waals surface area contributed by atoms with Gasteiger partial charge in [0.2, 0.25) is 0 Å². The van der Waals surface area contributed by atoms with Crippen LogP contribution in [0.2, 0.25) is 0 Å². The number of rotatable bonds is 6. The van der Waals surface area contributed by atoms with Crippen LogP contribution < -0.4 is 0 Å². The number of ether oxygens (including phenoxy) is 1. The summed E-state index contributed by atoms with van der Waals surface area (Å²) in [4.78, 5) is 4.51. The van der Waals surface area contributed by atoms with Crippen LogP contribution in [0.15, 0.2) is 54.6 Å². The topological polar surface area (TPSA) is 47.3 Å². The molecule has 22 heavy (non-hydrogen) atoms. The quantitative estimate of drug-likeness (QED) is 0.761. The summed E-state index contributed by atoms with van der Waals surface area (Å²) >= 11 is 0. The van der Waals surface area contributed by atoms with Gasteiger partial charge in [0.25, 0.3) is 0 Å². The van der Waals surface area contributed by atoms with Gasteiger partial charge in [-0.1, -0.05) is 42.5 Å². The SMILES string of the molecule is Cc1nc2ccccc2n1C[C@@H](O)COCc1ccccc1. The van der Waals surface area contributed by atoms with Crippen molar-refractivity contribution >= 4 is 11.0 Å². The Hall–Kier alpha value is -2.17. The monoisotopic (exact) mass is 296 g/mol. The van der Waals surface area contributed by atoms with Crippen molar-refractivity contribution in [2.24, 2.45) is 0 Å². The second kappa shape index (κ2) is 6.73. The second-order valence-corrected chi connectivity index (χ2v) is 5.41. The van der Waals surface area contributed by atoms with Crippen LogP contribution in [0, 0.1) is 6.92 Å². The zero-order chi connectivity index (χ0) is 15.4. The van der Waals surface area contributed by atoms with Crippen LogP contribution in [0.25, 0.3) is 11.0 Å². The molecule has 114 valence electrons. The number of hydrogen-bond donors (Lipinski definition) is 1. The van der Waals surface area contributed by atoms with E-state index in [1.807, 2.05) is 66.1 Å². The summed E-state index contributed by atoms with van der Waals surface area (Å²) in [5.41, 5.74) is 3.11. The minimum absolute atomic E-state index is 0.306. The Morgan fingerprint density at radius 3 is 2.64 bits per heavy atom. The first kappa shape index (κ1) is 14.8. The Labute approximate surface area is 130 Å². The summed E-state index contributed by atoms with van der Waals surface area (Å²) in [6.45, 7) is 3.26. The summed E-state index contributed by atoms with van der Waals surface area (Å²) in [5, 5.41) is 10.2. The molecule has 3 aromatic rings. The predicted octanol–water partition coefficient (Wildman–Crippen LogP) is 2.92. The molecule has 0 amide bonds. The number of aryl methyl sites for hydroxylation is 1. The molecule has 0 aliphatic carbocycles. The summed E-state index contributed by atoms with van der Waals surface area (Å²) in [5.74, 6) is 0.906. The third-order valence-electron chi connectivity index (χ3n) is 3.66. The molecular formula is C18H20N2O2. The van der Waals surface area contributed by atoms with E-state index < -0.39 is 6.10 Å². The normalized spacial score (nSPS) is 12.6. The highest BCUT2D eigenvalue weighted by molar-refractivity contribution is 5.75. The molecule has 0 unspecified atom stereocenters. The molecule has 1 heterocycles. The molecule has 0 radical (unpaired) electrons. The summed E-state index contributed by atoms with van der Waals surface area (Å²) in [7, 11) is 0. The zero-order valence-electron chi connectivity index (χ0n) is 12.6. The third kappa shape index (κ3) is 3.35. The lowest BCUT2D eigenvalue weighted by Crippen LogP contribution is -2.22. The Morgan fingerprint density at radius 1 is 1.09 bits per heavy atom. The van der Waals surface area contributed by atoms with Gasteiger partial charge in [0.15, 0.2) is 0 Å². The molecule has 2 aromatic carbocycles. The Balaban J connectivity index is 1.59. The largest absolute Gasteiger partial charge is 0.389 e. The lowest BCUT2D eigenvalue weighted by atomic mass is 10.2. The minimum atomic E-state index is -0.556. The molecular weight excluding hydrogens is 276 g/mol. The van der Waals surface area contributed by atoms with Gasteiger partial charge in [0.1, 0.15) is 5.82 Å². The fraction of sp³-hybridized carbons (Fsp3) is 0.278. The van der Waals surface area contributed by atoms with Crippen molar-refractivity contribution in [1.29, 1.82) is 0 Å². The number of hydrogen-bond acceptors (Lipinski definition) is 3. The van der Waals surface area contributed by atoms with Gasteiger partial charge in [-0.25, -0.2) is 4.98 Å². The molecule has 0 spiro atoms. The van der Waals surface area contributed by atoms with E-state index in [-0.39, 0.29) is 0 Å². The highest BCUT2D eigenvalue weighted by Gasteiger charge is 2.11. The van der Waals surface area contributed by atoms with Crippen LogP contribution >= 0.6 is 0 Å². The number of fused-ring (bicyclic) bond motifs is 1. The Kier molecular flexibility index (Phi) is 4.51. The minimum Gasteiger partial charge on any atom is -0.389 e. The molecule has 0 bridgehead atoms. The first-order valence-electron chi connectivity index (χ1n) is 7.45. The van der Waals surface area contributed by atoms with Gasteiger partial charge in [-0.2, -0.15) is 0 Å². The predicted molar refractivity (Wildman–Crippen MR) is 86.6 cm³/mol. The number of aliphatic hydroxyl groups excluding tert-OH is 1. The van der Waals surface area contributed by atoms with Crippen molar-refractivity contribution in [3.8, 4) is 0 Å². The van der Waals surface area contributed by atoms with Crippen molar-refractivity contribution in [3.63, 3.8) is 0 Å². The molecule has 0 aliphatic rings. The van der Waals surface area contributed by atoms with Crippen LogP contribution in [0.4, 0.5) is 0 Å². The van der Waals surface area contributed by atoms with Gasteiger partial charge in [-0.15, -0.1) is 0 Å². The molecule has 0 aliphatic heterocycles. The first-order chi connectivity index (χ1) is 10.7. The van der Waals surface area contributed by atoms with E-state index in [0.29, 0.717) is 19.8 Å². The summed E-state index contributed by atoms with van der Waals surface area (Å²) in [6.07, 6.45) is -0.556. The number of para-hydroxylation sites is 2. The van der Waals surface area contributed by atoms with E-state index in [0.717, 1.165) is 22.4 Å². The fourth-order valence-electron chi connectivity index (χ4n) is 2.58. The molecule has 4 heteroatoms. The van der Waals surface area contributed by atoms with Crippen LogP contribution in [0.1, 0.15) is 11.4 Å². The molecule has 0 fully saturated rings. The highest BCUT2D eigenvalue weighted by Crippen LogP contribution is 2.16. The summed E-state index contributed by atoms with van der Waals surface area (Å²) < 4.78 is 7.63.